The number of carbonyl (C=O) groups is 2. The summed E-state index contributed by atoms with van der Waals surface area (Å²) in [4.78, 5) is 24.7. The van der Waals surface area contributed by atoms with Gasteiger partial charge < -0.3 is 10.1 Å². The van der Waals surface area contributed by atoms with Crippen LogP contribution in [0.3, 0.4) is 0 Å². The molecule has 0 saturated carbocycles. The van der Waals surface area contributed by atoms with Gasteiger partial charge in [-0.2, -0.15) is 0 Å². The quantitative estimate of drug-likeness (QED) is 0.868. The van der Waals surface area contributed by atoms with Gasteiger partial charge in [-0.25, -0.2) is 5.01 Å². The molecular formula is C20H21N3O3. The molecule has 0 atom stereocenters. The molecule has 2 amide bonds. The number of anilines is 1. The Morgan fingerprint density at radius 1 is 1.19 bits per heavy atom. The normalized spacial score (nSPS) is 13.7. The lowest BCUT2D eigenvalue weighted by atomic mass is 10.2. The molecular weight excluding hydrogens is 330 g/mol. The molecule has 0 radical (unpaired) electrons. The maximum absolute atomic E-state index is 12.5. The van der Waals surface area contributed by atoms with E-state index in [0.29, 0.717) is 17.9 Å². The van der Waals surface area contributed by atoms with Crippen LogP contribution in [0.15, 0.2) is 60.3 Å². The average Bonchev–Trinajstić information content (AvgIpc) is 2.67. The molecule has 0 saturated heterocycles. The second-order valence-corrected chi connectivity index (χ2v) is 5.99. The summed E-state index contributed by atoms with van der Waals surface area (Å²) in [6.07, 6.45) is 1.77. The molecule has 2 aromatic carbocycles. The van der Waals surface area contributed by atoms with Crippen LogP contribution in [-0.2, 0) is 16.1 Å². The van der Waals surface area contributed by atoms with Gasteiger partial charge >= 0.3 is 0 Å². The van der Waals surface area contributed by atoms with Gasteiger partial charge in [0.2, 0.25) is 5.91 Å². The lowest BCUT2D eigenvalue weighted by Crippen LogP contribution is -2.48. The summed E-state index contributed by atoms with van der Waals surface area (Å²) in [5, 5.41) is 4.25. The third kappa shape index (κ3) is 3.85. The number of rotatable bonds is 5. The summed E-state index contributed by atoms with van der Waals surface area (Å²) < 4.78 is 5.29. The summed E-state index contributed by atoms with van der Waals surface area (Å²) in [6, 6.07) is 15.0. The first-order chi connectivity index (χ1) is 12.6. The number of amides is 2. The SMILES string of the molecule is COc1ccccc1CNC(=O)C1=CCC(=O)N(c2ccc(C)cc2)N1. The monoisotopic (exact) mass is 351 g/mol. The maximum atomic E-state index is 12.5. The van der Waals surface area contributed by atoms with Crippen LogP contribution < -0.4 is 20.5 Å². The number of nitrogens with zero attached hydrogens (tertiary/aromatic N) is 1. The summed E-state index contributed by atoms with van der Waals surface area (Å²) in [6.45, 7) is 2.31. The van der Waals surface area contributed by atoms with Crippen LogP contribution in [0.5, 0.6) is 5.75 Å². The summed E-state index contributed by atoms with van der Waals surface area (Å²) >= 11 is 0. The predicted molar refractivity (Wildman–Crippen MR) is 99.3 cm³/mol. The van der Waals surface area contributed by atoms with Gasteiger partial charge in [-0.15, -0.1) is 0 Å². The molecule has 134 valence electrons. The third-order valence-corrected chi connectivity index (χ3v) is 4.13. The standard InChI is InChI=1S/C20H21N3O3/c1-14-7-9-16(10-8-14)23-19(24)12-11-17(22-23)20(25)21-13-15-5-3-4-6-18(15)26-2/h3-11,22H,12-13H2,1-2H3,(H,21,25). The first-order valence-electron chi connectivity index (χ1n) is 8.35. The van der Waals surface area contributed by atoms with Crippen LogP contribution in [0, 0.1) is 6.92 Å². The van der Waals surface area contributed by atoms with Crippen LogP contribution in [0.1, 0.15) is 17.5 Å². The van der Waals surface area contributed by atoms with Crippen molar-refractivity contribution in [3.05, 3.63) is 71.4 Å². The van der Waals surface area contributed by atoms with E-state index in [0.717, 1.165) is 16.9 Å². The Labute approximate surface area is 152 Å². The van der Waals surface area contributed by atoms with Crippen LogP contribution in [0.2, 0.25) is 0 Å². The van der Waals surface area contributed by atoms with Crippen molar-refractivity contribution in [2.45, 2.75) is 19.9 Å². The molecule has 0 spiro atoms. The number of carbonyl (C=O) groups excluding carboxylic acids is 2. The summed E-state index contributed by atoms with van der Waals surface area (Å²) in [5.41, 5.74) is 5.93. The Morgan fingerprint density at radius 2 is 1.92 bits per heavy atom. The number of hydrogen-bond donors (Lipinski definition) is 2. The highest BCUT2D eigenvalue weighted by molar-refractivity contribution is 6.01. The number of ether oxygens (including phenoxy) is 1. The molecule has 2 N–H and O–H groups in total. The number of nitrogens with one attached hydrogen (secondary N) is 2. The second kappa shape index (κ2) is 7.74. The molecule has 1 aliphatic rings. The van der Waals surface area contributed by atoms with Gasteiger partial charge in [0.05, 0.1) is 12.8 Å². The number of hydrogen-bond acceptors (Lipinski definition) is 4. The highest BCUT2D eigenvalue weighted by atomic mass is 16.5. The molecule has 6 nitrogen and oxygen atoms in total. The molecule has 0 unspecified atom stereocenters. The highest BCUT2D eigenvalue weighted by Crippen LogP contribution is 2.19. The van der Waals surface area contributed by atoms with E-state index < -0.39 is 0 Å². The van der Waals surface area contributed by atoms with E-state index in [9.17, 15) is 9.59 Å². The first-order valence-corrected chi connectivity index (χ1v) is 8.35. The van der Waals surface area contributed by atoms with E-state index in [1.165, 1.54) is 5.01 Å². The van der Waals surface area contributed by atoms with Crippen molar-refractivity contribution in [3.63, 3.8) is 0 Å². The van der Waals surface area contributed by atoms with Crippen LogP contribution in [-0.4, -0.2) is 18.9 Å². The summed E-state index contributed by atoms with van der Waals surface area (Å²) in [5.74, 6) is 0.325. The van der Waals surface area contributed by atoms with Gasteiger partial charge in [0.15, 0.2) is 0 Å². The Balaban J connectivity index is 1.67. The van der Waals surface area contributed by atoms with Gasteiger partial charge in [-0.1, -0.05) is 35.9 Å². The van der Waals surface area contributed by atoms with E-state index >= 15 is 0 Å². The fraction of sp³-hybridized carbons (Fsp3) is 0.200. The topological polar surface area (TPSA) is 70.7 Å². The van der Waals surface area contributed by atoms with Crippen LogP contribution in [0.25, 0.3) is 0 Å². The van der Waals surface area contributed by atoms with Gasteiger partial charge in [-0.05, 0) is 31.2 Å². The molecule has 1 heterocycles. The number of aryl methyl sites for hydroxylation is 1. The summed E-state index contributed by atoms with van der Waals surface area (Å²) in [7, 11) is 1.59. The van der Waals surface area contributed by atoms with Crippen molar-refractivity contribution in [2.24, 2.45) is 0 Å². The zero-order chi connectivity index (χ0) is 18.5. The Morgan fingerprint density at radius 3 is 2.65 bits per heavy atom. The molecule has 0 aliphatic carbocycles. The molecule has 0 aromatic heterocycles. The van der Waals surface area contributed by atoms with Gasteiger partial charge in [0, 0.05) is 18.5 Å². The fourth-order valence-corrected chi connectivity index (χ4v) is 2.67. The lowest BCUT2D eigenvalue weighted by molar-refractivity contribution is -0.120. The molecule has 2 aromatic rings. The van der Waals surface area contributed by atoms with Crippen molar-refractivity contribution < 1.29 is 14.3 Å². The minimum atomic E-state index is -0.277. The van der Waals surface area contributed by atoms with E-state index in [1.54, 1.807) is 13.2 Å². The van der Waals surface area contributed by atoms with Gasteiger partial charge in [0.1, 0.15) is 11.4 Å². The molecule has 0 fully saturated rings. The van der Waals surface area contributed by atoms with Crippen LogP contribution in [0.4, 0.5) is 5.69 Å². The van der Waals surface area contributed by atoms with E-state index in [-0.39, 0.29) is 18.2 Å². The largest absolute Gasteiger partial charge is 0.496 e. The van der Waals surface area contributed by atoms with Crippen molar-refractivity contribution in [2.75, 3.05) is 12.1 Å². The zero-order valence-electron chi connectivity index (χ0n) is 14.8. The smallest absolute Gasteiger partial charge is 0.269 e. The van der Waals surface area contributed by atoms with Crippen molar-refractivity contribution in [1.29, 1.82) is 0 Å². The third-order valence-electron chi connectivity index (χ3n) is 4.13. The number of methoxy groups -OCH3 is 1. The Bertz CT molecular complexity index is 844. The Hall–Kier alpha value is -3.28. The Kier molecular flexibility index (Phi) is 5.22. The first kappa shape index (κ1) is 17.5. The van der Waals surface area contributed by atoms with E-state index in [2.05, 4.69) is 10.7 Å². The number of hydrazine groups is 1. The lowest BCUT2D eigenvalue weighted by Gasteiger charge is -2.28. The van der Waals surface area contributed by atoms with Crippen molar-refractivity contribution in [1.82, 2.24) is 10.7 Å². The van der Waals surface area contributed by atoms with Gasteiger partial charge in [0.25, 0.3) is 5.91 Å². The molecule has 26 heavy (non-hydrogen) atoms. The molecule has 3 rings (SSSR count). The maximum Gasteiger partial charge on any atom is 0.269 e. The number of para-hydroxylation sites is 1. The number of benzene rings is 2. The highest BCUT2D eigenvalue weighted by Gasteiger charge is 2.24. The second-order valence-electron chi connectivity index (χ2n) is 5.99. The minimum absolute atomic E-state index is 0.116. The van der Waals surface area contributed by atoms with Crippen molar-refractivity contribution >= 4 is 17.5 Å². The fourth-order valence-electron chi connectivity index (χ4n) is 2.67. The average molecular weight is 351 g/mol. The van der Waals surface area contributed by atoms with E-state index in [4.69, 9.17) is 4.74 Å². The minimum Gasteiger partial charge on any atom is -0.496 e. The predicted octanol–water partition coefficient (Wildman–Crippen LogP) is 2.45. The molecule has 1 aliphatic heterocycles. The van der Waals surface area contributed by atoms with Crippen molar-refractivity contribution in [3.8, 4) is 5.75 Å². The zero-order valence-corrected chi connectivity index (χ0v) is 14.8. The van der Waals surface area contributed by atoms with Gasteiger partial charge in [-0.3, -0.25) is 15.0 Å². The van der Waals surface area contributed by atoms with E-state index in [1.807, 2.05) is 55.5 Å². The molecule has 6 heteroatoms. The van der Waals surface area contributed by atoms with Crippen LogP contribution >= 0.6 is 0 Å². The molecule has 0 bridgehead atoms.